The lowest BCUT2D eigenvalue weighted by atomic mass is 10.2. The van der Waals surface area contributed by atoms with Crippen molar-refractivity contribution in [1.82, 2.24) is 15.1 Å². The van der Waals surface area contributed by atoms with E-state index in [4.69, 9.17) is 11.6 Å². The highest BCUT2D eigenvalue weighted by atomic mass is 35.5. The lowest BCUT2D eigenvalue weighted by Gasteiger charge is -2.32. The molecule has 0 aromatic heterocycles. The fraction of sp³-hybridized carbons (Fsp3) is 0.500. The van der Waals surface area contributed by atoms with Crippen molar-refractivity contribution in [2.75, 3.05) is 46.3 Å². The third-order valence-electron chi connectivity index (χ3n) is 3.71. The molecule has 1 N–H and O–H groups in total. The molecule has 0 bridgehead atoms. The first-order chi connectivity index (χ1) is 10.5. The van der Waals surface area contributed by atoms with Crippen LogP contribution in [0, 0.1) is 10.1 Å². The number of rotatable bonds is 5. The quantitative estimate of drug-likeness (QED) is 0.650. The zero-order chi connectivity index (χ0) is 16.1. The van der Waals surface area contributed by atoms with Crippen LogP contribution in [0.5, 0.6) is 0 Å². The molecule has 0 radical (unpaired) electrons. The topological polar surface area (TPSA) is 78.7 Å². The largest absolute Gasteiger partial charge is 0.351 e. The number of carbonyl (C=O) groups is 1. The van der Waals surface area contributed by atoms with Crippen molar-refractivity contribution < 1.29 is 9.72 Å². The monoisotopic (exact) mass is 326 g/mol. The highest BCUT2D eigenvalue weighted by molar-refractivity contribution is 6.33. The molecular formula is C14H19ClN4O3. The Morgan fingerprint density at radius 2 is 2.05 bits per heavy atom. The highest BCUT2D eigenvalue weighted by Gasteiger charge is 2.17. The summed E-state index contributed by atoms with van der Waals surface area (Å²) in [6.07, 6.45) is 0. The van der Waals surface area contributed by atoms with Crippen LogP contribution < -0.4 is 5.32 Å². The van der Waals surface area contributed by atoms with Crippen molar-refractivity contribution in [3.63, 3.8) is 0 Å². The van der Waals surface area contributed by atoms with E-state index in [-0.39, 0.29) is 22.2 Å². The van der Waals surface area contributed by atoms with Gasteiger partial charge in [-0.3, -0.25) is 19.8 Å². The van der Waals surface area contributed by atoms with Gasteiger partial charge < -0.3 is 10.2 Å². The summed E-state index contributed by atoms with van der Waals surface area (Å²) in [5.74, 6) is -0.386. The van der Waals surface area contributed by atoms with E-state index >= 15 is 0 Å². The Morgan fingerprint density at radius 3 is 2.68 bits per heavy atom. The molecule has 0 unspecified atom stereocenters. The van der Waals surface area contributed by atoms with Crippen LogP contribution in [-0.4, -0.2) is 66.9 Å². The lowest BCUT2D eigenvalue weighted by Crippen LogP contribution is -2.46. The molecular weight excluding hydrogens is 308 g/mol. The number of piperazine rings is 1. The van der Waals surface area contributed by atoms with Crippen molar-refractivity contribution in [3.8, 4) is 0 Å². The van der Waals surface area contributed by atoms with Crippen LogP contribution in [0.15, 0.2) is 18.2 Å². The summed E-state index contributed by atoms with van der Waals surface area (Å²) in [7, 11) is 2.09. The summed E-state index contributed by atoms with van der Waals surface area (Å²) in [4.78, 5) is 26.8. The van der Waals surface area contributed by atoms with Gasteiger partial charge in [0, 0.05) is 51.4 Å². The van der Waals surface area contributed by atoms with E-state index in [1.165, 1.54) is 18.2 Å². The first-order valence-corrected chi connectivity index (χ1v) is 7.48. The molecule has 0 atom stereocenters. The Labute approximate surface area is 134 Å². The molecule has 1 heterocycles. The average molecular weight is 327 g/mol. The molecule has 1 fully saturated rings. The van der Waals surface area contributed by atoms with Gasteiger partial charge in [-0.15, -0.1) is 0 Å². The number of hydrogen-bond donors (Lipinski definition) is 1. The van der Waals surface area contributed by atoms with E-state index in [2.05, 4.69) is 22.2 Å². The van der Waals surface area contributed by atoms with Gasteiger partial charge in [0.2, 0.25) is 0 Å². The minimum Gasteiger partial charge on any atom is -0.351 e. The number of carbonyl (C=O) groups excluding carboxylic acids is 1. The summed E-state index contributed by atoms with van der Waals surface area (Å²) in [6.45, 7) is 5.23. The van der Waals surface area contributed by atoms with Crippen LogP contribution >= 0.6 is 11.6 Å². The Hall–Kier alpha value is -1.70. The molecule has 0 spiro atoms. The van der Waals surface area contributed by atoms with Gasteiger partial charge in [0.05, 0.1) is 15.5 Å². The summed E-state index contributed by atoms with van der Waals surface area (Å²) in [6, 6.07) is 3.85. The maximum absolute atomic E-state index is 12.1. The molecule has 1 aliphatic heterocycles. The van der Waals surface area contributed by atoms with Crippen LogP contribution in [0.4, 0.5) is 5.69 Å². The normalized spacial score (nSPS) is 16.5. The van der Waals surface area contributed by atoms with Crippen LogP contribution in [0.3, 0.4) is 0 Å². The fourth-order valence-electron chi connectivity index (χ4n) is 2.30. The van der Waals surface area contributed by atoms with Crippen LogP contribution in [-0.2, 0) is 0 Å². The fourth-order valence-corrected chi connectivity index (χ4v) is 2.50. The number of nitrogens with zero attached hydrogens (tertiary/aromatic N) is 3. The minimum atomic E-state index is -0.544. The number of likely N-dealkylation sites (N-methyl/N-ethyl adjacent to an activating group) is 1. The molecule has 2 rings (SSSR count). The van der Waals surface area contributed by atoms with Crippen LogP contribution in [0.2, 0.25) is 5.02 Å². The minimum absolute atomic E-state index is 0.134. The van der Waals surface area contributed by atoms with Gasteiger partial charge in [0.25, 0.3) is 11.6 Å². The van der Waals surface area contributed by atoms with E-state index in [1.54, 1.807) is 0 Å². The SMILES string of the molecule is CN1CCN(CCNC(=O)c2cc([N+](=O)[O-])ccc2Cl)CC1. The molecule has 1 aromatic carbocycles. The maximum atomic E-state index is 12.1. The van der Waals surface area contributed by atoms with Crippen LogP contribution in [0.25, 0.3) is 0 Å². The van der Waals surface area contributed by atoms with Crippen molar-refractivity contribution >= 4 is 23.2 Å². The predicted molar refractivity (Wildman–Crippen MR) is 84.4 cm³/mol. The molecule has 0 aliphatic carbocycles. The summed E-state index contributed by atoms with van der Waals surface area (Å²) in [5, 5.41) is 13.7. The lowest BCUT2D eigenvalue weighted by molar-refractivity contribution is -0.384. The second-order valence-electron chi connectivity index (χ2n) is 5.32. The molecule has 120 valence electrons. The van der Waals surface area contributed by atoms with Gasteiger partial charge in [-0.05, 0) is 13.1 Å². The number of benzene rings is 1. The highest BCUT2D eigenvalue weighted by Crippen LogP contribution is 2.21. The van der Waals surface area contributed by atoms with Crippen molar-refractivity contribution in [2.24, 2.45) is 0 Å². The van der Waals surface area contributed by atoms with Crippen molar-refractivity contribution in [1.29, 1.82) is 0 Å². The van der Waals surface area contributed by atoms with E-state index in [1.807, 2.05) is 0 Å². The third kappa shape index (κ3) is 4.40. The third-order valence-corrected chi connectivity index (χ3v) is 4.04. The number of amides is 1. The smallest absolute Gasteiger partial charge is 0.270 e. The molecule has 1 saturated heterocycles. The van der Waals surface area contributed by atoms with Crippen molar-refractivity contribution in [2.45, 2.75) is 0 Å². The second-order valence-corrected chi connectivity index (χ2v) is 5.73. The van der Waals surface area contributed by atoms with Gasteiger partial charge >= 0.3 is 0 Å². The number of hydrogen-bond acceptors (Lipinski definition) is 5. The van der Waals surface area contributed by atoms with Gasteiger partial charge in [-0.2, -0.15) is 0 Å². The van der Waals surface area contributed by atoms with E-state index in [9.17, 15) is 14.9 Å². The molecule has 8 heteroatoms. The first kappa shape index (κ1) is 16.7. The second kappa shape index (κ2) is 7.53. The molecule has 1 aliphatic rings. The average Bonchev–Trinajstić information content (AvgIpc) is 2.49. The number of halogens is 1. The van der Waals surface area contributed by atoms with Crippen LogP contribution in [0.1, 0.15) is 10.4 Å². The Bertz CT molecular complexity index is 559. The number of nitro groups is 1. The Morgan fingerprint density at radius 1 is 1.36 bits per heavy atom. The molecule has 7 nitrogen and oxygen atoms in total. The van der Waals surface area contributed by atoms with E-state index in [0.717, 1.165) is 32.7 Å². The Kier molecular flexibility index (Phi) is 5.70. The van der Waals surface area contributed by atoms with Gasteiger partial charge in [0.15, 0.2) is 0 Å². The zero-order valence-corrected chi connectivity index (χ0v) is 13.2. The number of nitrogens with one attached hydrogen (secondary N) is 1. The molecule has 22 heavy (non-hydrogen) atoms. The summed E-state index contributed by atoms with van der Waals surface area (Å²) in [5.41, 5.74) is -0.0112. The predicted octanol–water partition coefficient (Wildman–Crippen LogP) is 1.23. The van der Waals surface area contributed by atoms with Gasteiger partial charge in [-0.1, -0.05) is 11.6 Å². The maximum Gasteiger partial charge on any atom is 0.270 e. The van der Waals surface area contributed by atoms with Gasteiger partial charge in [0.1, 0.15) is 0 Å². The van der Waals surface area contributed by atoms with E-state index < -0.39 is 4.92 Å². The zero-order valence-electron chi connectivity index (χ0n) is 12.4. The Balaban J connectivity index is 1.87. The summed E-state index contributed by atoms with van der Waals surface area (Å²) >= 11 is 5.94. The van der Waals surface area contributed by atoms with Gasteiger partial charge in [-0.25, -0.2) is 0 Å². The molecule has 1 aromatic rings. The standard InChI is InChI=1S/C14H19ClN4O3/c1-17-6-8-18(9-7-17)5-4-16-14(20)12-10-11(19(21)22)2-3-13(12)15/h2-3,10H,4-9H2,1H3,(H,16,20). The van der Waals surface area contributed by atoms with Crippen molar-refractivity contribution in [3.05, 3.63) is 38.9 Å². The number of non-ortho nitro benzene ring substituents is 1. The molecule has 0 saturated carbocycles. The summed E-state index contributed by atoms with van der Waals surface area (Å²) < 4.78 is 0. The van der Waals surface area contributed by atoms with E-state index in [0.29, 0.717) is 6.54 Å². The first-order valence-electron chi connectivity index (χ1n) is 7.10. The number of nitro benzene ring substituents is 1. The molecule has 1 amide bonds.